The molecule has 0 spiro atoms. The highest BCUT2D eigenvalue weighted by Gasteiger charge is 2.45. The zero-order chi connectivity index (χ0) is 22.0. The highest BCUT2D eigenvalue weighted by Crippen LogP contribution is 2.40. The second-order valence-electron chi connectivity index (χ2n) is 7.56. The van der Waals surface area contributed by atoms with Gasteiger partial charge in [0.05, 0.1) is 24.5 Å². The fourth-order valence-electron chi connectivity index (χ4n) is 3.79. The molecule has 1 fully saturated rings. The lowest BCUT2D eigenvalue weighted by molar-refractivity contribution is -0.189. The van der Waals surface area contributed by atoms with E-state index in [1.807, 2.05) is 70.2 Å². The van der Waals surface area contributed by atoms with Crippen LogP contribution in [0.15, 0.2) is 85.7 Å². The van der Waals surface area contributed by atoms with Crippen LogP contribution in [0.1, 0.15) is 5.56 Å². The molecule has 164 valence electrons. The maximum atomic E-state index is 6.51. The zero-order valence-corrected chi connectivity index (χ0v) is 18.6. The molecule has 1 saturated heterocycles. The van der Waals surface area contributed by atoms with Crippen LogP contribution in [0.2, 0.25) is 10.0 Å². The van der Waals surface area contributed by atoms with Crippen molar-refractivity contribution in [3.63, 3.8) is 0 Å². The third-order valence-electron chi connectivity index (χ3n) is 5.33. The zero-order valence-electron chi connectivity index (χ0n) is 17.1. The van der Waals surface area contributed by atoms with Crippen molar-refractivity contribution in [1.82, 2.24) is 14.1 Å². The minimum atomic E-state index is -1.06. The van der Waals surface area contributed by atoms with Crippen molar-refractivity contribution in [1.29, 1.82) is 0 Å². The Morgan fingerprint density at radius 1 is 1.06 bits per heavy atom. The molecule has 0 N–H and O–H groups in total. The Morgan fingerprint density at radius 3 is 2.59 bits per heavy atom. The maximum Gasteiger partial charge on any atom is 0.215 e. The van der Waals surface area contributed by atoms with Crippen LogP contribution in [0.3, 0.4) is 0 Å². The van der Waals surface area contributed by atoms with E-state index in [9.17, 15) is 0 Å². The van der Waals surface area contributed by atoms with Crippen molar-refractivity contribution in [2.75, 3.05) is 13.2 Å². The van der Waals surface area contributed by atoms with Crippen molar-refractivity contribution in [3.8, 4) is 11.4 Å². The summed E-state index contributed by atoms with van der Waals surface area (Å²) in [4.78, 5) is 4.12. The van der Waals surface area contributed by atoms with Crippen molar-refractivity contribution < 1.29 is 14.2 Å². The van der Waals surface area contributed by atoms with E-state index in [1.165, 1.54) is 0 Å². The highest BCUT2D eigenvalue weighted by molar-refractivity contribution is 6.35. The standard InChI is InChI=1S/C24H21Cl2N3O3/c25-18-3-8-22(23(26)13-18)24(16-28-12-9-27-17-28)31-15-21(32-24)14-30-20-6-4-19(5-7-20)29-10-1-2-11-29/h1-13,17,21H,14-16H2. The lowest BCUT2D eigenvalue weighted by Gasteiger charge is -2.30. The van der Waals surface area contributed by atoms with E-state index in [-0.39, 0.29) is 6.10 Å². The summed E-state index contributed by atoms with van der Waals surface area (Å²) < 4.78 is 22.5. The summed E-state index contributed by atoms with van der Waals surface area (Å²) in [5.41, 5.74) is 1.79. The predicted molar refractivity (Wildman–Crippen MR) is 122 cm³/mol. The molecule has 32 heavy (non-hydrogen) atoms. The number of ether oxygens (including phenoxy) is 3. The predicted octanol–water partition coefficient (Wildman–Crippen LogP) is 5.33. The molecule has 6 nitrogen and oxygen atoms in total. The lowest BCUT2D eigenvalue weighted by atomic mass is 10.1. The minimum Gasteiger partial charge on any atom is -0.491 e. The van der Waals surface area contributed by atoms with Crippen LogP contribution in [0.25, 0.3) is 5.69 Å². The van der Waals surface area contributed by atoms with Crippen LogP contribution < -0.4 is 4.74 Å². The fourth-order valence-corrected chi connectivity index (χ4v) is 4.34. The molecule has 2 aromatic carbocycles. The van der Waals surface area contributed by atoms with Gasteiger partial charge in [-0.2, -0.15) is 0 Å². The highest BCUT2D eigenvalue weighted by atomic mass is 35.5. The summed E-state index contributed by atoms with van der Waals surface area (Å²) in [5.74, 6) is -0.296. The van der Waals surface area contributed by atoms with Gasteiger partial charge in [0, 0.05) is 41.1 Å². The van der Waals surface area contributed by atoms with E-state index in [1.54, 1.807) is 24.7 Å². The van der Waals surface area contributed by atoms with Crippen molar-refractivity contribution in [2.24, 2.45) is 0 Å². The van der Waals surface area contributed by atoms with Crippen molar-refractivity contribution in [3.05, 3.63) is 101 Å². The van der Waals surface area contributed by atoms with E-state index >= 15 is 0 Å². The quantitative estimate of drug-likeness (QED) is 0.367. The monoisotopic (exact) mass is 469 g/mol. The Balaban J connectivity index is 1.30. The third kappa shape index (κ3) is 4.40. The summed E-state index contributed by atoms with van der Waals surface area (Å²) in [7, 11) is 0. The van der Waals surface area contributed by atoms with Gasteiger partial charge in [-0.05, 0) is 48.5 Å². The Kier molecular flexibility index (Phi) is 5.93. The average molecular weight is 470 g/mol. The molecular formula is C24H21Cl2N3O3. The van der Waals surface area contributed by atoms with Crippen molar-refractivity contribution in [2.45, 2.75) is 18.4 Å². The van der Waals surface area contributed by atoms with Crippen LogP contribution in [-0.2, 0) is 21.8 Å². The molecule has 0 aliphatic carbocycles. The topological polar surface area (TPSA) is 50.4 Å². The number of halogens is 2. The normalized spacial score (nSPS) is 20.5. The average Bonchev–Trinajstić information content (AvgIpc) is 3.56. The molecule has 0 saturated carbocycles. The molecule has 1 aliphatic heterocycles. The number of nitrogens with zero attached hydrogens (tertiary/aromatic N) is 3. The van der Waals surface area contributed by atoms with E-state index in [4.69, 9.17) is 37.4 Å². The Labute approximate surface area is 195 Å². The van der Waals surface area contributed by atoms with E-state index in [0.29, 0.717) is 29.8 Å². The Hall–Kier alpha value is -2.77. The van der Waals surface area contributed by atoms with Gasteiger partial charge in [0.25, 0.3) is 0 Å². The lowest BCUT2D eigenvalue weighted by Crippen LogP contribution is -2.34. The largest absolute Gasteiger partial charge is 0.491 e. The number of imidazole rings is 1. The Morgan fingerprint density at radius 2 is 1.88 bits per heavy atom. The van der Waals surface area contributed by atoms with Crippen LogP contribution >= 0.6 is 23.2 Å². The van der Waals surface area contributed by atoms with Crippen LogP contribution in [0.4, 0.5) is 0 Å². The van der Waals surface area contributed by atoms with Crippen LogP contribution in [0.5, 0.6) is 5.75 Å². The van der Waals surface area contributed by atoms with Gasteiger partial charge in [0.15, 0.2) is 0 Å². The molecule has 3 heterocycles. The van der Waals surface area contributed by atoms with Crippen LogP contribution in [0, 0.1) is 0 Å². The van der Waals surface area contributed by atoms with Gasteiger partial charge in [0.2, 0.25) is 5.79 Å². The smallest absolute Gasteiger partial charge is 0.215 e. The third-order valence-corrected chi connectivity index (χ3v) is 5.87. The first-order valence-corrected chi connectivity index (χ1v) is 11.0. The van der Waals surface area contributed by atoms with Crippen molar-refractivity contribution >= 4 is 23.2 Å². The van der Waals surface area contributed by atoms with Gasteiger partial charge >= 0.3 is 0 Å². The summed E-state index contributed by atoms with van der Waals surface area (Å²) in [6.45, 7) is 1.12. The molecule has 0 radical (unpaired) electrons. The first kappa shape index (κ1) is 21.1. The summed E-state index contributed by atoms with van der Waals surface area (Å²) >= 11 is 12.6. The second kappa shape index (κ2) is 9.00. The molecule has 1 aliphatic rings. The van der Waals surface area contributed by atoms with E-state index in [2.05, 4.69) is 4.98 Å². The molecule has 4 aromatic rings. The maximum absolute atomic E-state index is 6.51. The van der Waals surface area contributed by atoms with Gasteiger partial charge in [-0.1, -0.05) is 29.3 Å². The number of aromatic nitrogens is 3. The SMILES string of the molecule is Clc1ccc(C2(Cn3ccnc3)OCC(COc3ccc(-n4cccc4)cc3)O2)c(Cl)c1. The van der Waals surface area contributed by atoms with Crippen LogP contribution in [-0.4, -0.2) is 33.4 Å². The molecule has 2 unspecified atom stereocenters. The molecule has 8 heteroatoms. The summed E-state index contributed by atoms with van der Waals surface area (Å²) in [6, 6.07) is 17.2. The van der Waals surface area contributed by atoms with E-state index < -0.39 is 5.79 Å². The molecule has 0 amide bonds. The molecule has 5 rings (SSSR count). The molecule has 2 atom stereocenters. The van der Waals surface area contributed by atoms with Gasteiger partial charge in [0.1, 0.15) is 18.5 Å². The number of hydrogen-bond donors (Lipinski definition) is 0. The fraction of sp³-hybridized carbons (Fsp3) is 0.208. The molecule has 2 aromatic heterocycles. The summed E-state index contributed by atoms with van der Waals surface area (Å²) in [6.07, 6.45) is 9.02. The van der Waals surface area contributed by atoms with Gasteiger partial charge < -0.3 is 23.3 Å². The number of hydrogen-bond acceptors (Lipinski definition) is 4. The Bertz CT molecular complexity index is 1160. The first-order valence-electron chi connectivity index (χ1n) is 10.2. The molecular weight excluding hydrogens is 449 g/mol. The number of benzene rings is 2. The second-order valence-corrected chi connectivity index (χ2v) is 8.40. The molecule has 0 bridgehead atoms. The summed E-state index contributed by atoms with van der Waals surface area (Å²) in [5, 5.41) is 1.04. The van der Waals surface area contributed by atoms with Gasteiger partial charge in [-0.3, -0.25) is 0 Å². The van der Waals surface area contributed by atoms with E-state index in [0.717, 1.165) is 17.0 Å². The number of rotatable bonds is 7. The first-order chi connectivity index (χ1) is 15.6. The minimum absolute atomic E-state index is 0.269. The van der Waals surface area contributed by atoms with Gasteiger partial charge in [-0.15, -0.1) is 0 Å². The van der Waals surface area contributed by atoms with Gasteiger partial charge in [-0.25, -0.2) is 4.98 Å².